The van der Waals surface area contributed by atoms with Crippen LogP contribution in [0.2, 0.25) is 0 Å². The van der Waals surface area contributed by atoms with Gasteiger partial charge in [0.05, 0.1) is 11.0 Å². The van der Waals surface area contributed by atoms with Crippen molar-refractivity contribution >= 4 is 17.0 Å². The Kier molecular flexibility index (Phi) is 4.94. The number of hydrogen-bond acceptors (Lipinski definition) is 2. The fourth-order valence-electron chi connectivity index (χ4n) is 2.97. The zero-order valence-corrected chi connectivity index (χ0v) is 13.9. The summed E-state index contributed by atoms with van der Waals surface area (Å²) in [6.07, 6.45) is 2.59. The van der Waals surface area contributed by atoms with Gasteiger partial charge in [0, 0.05) is 19.4 Å². The number of imidazole rings is 1. The number of benzene rings is 2. The highest BCUT2D eigenvalue weighted by Gasteiger charge is 2.11. The van der Waals surface area contributed by atoms with Crippen molar-refractivity contribution in [1.82, 2.24) is 9.55 Å². The summed E-state index contributed by atoms with van der Waals surface area (Å²) in [5, 5.41) is 8.87. The predicted octanol–water partition coefficient (Wildman–Crippen LogP) is 3.99. The molecule has 0 unspecified atom stereocenters. The van der Waals surface area contributed by atoms with Gasteiger partial charge < -0.3 is 9.67 Å². The molecule has 0 aliphatic rings. The highest BCUT2D eigenvalue weighted by molar-refractivity contribution is 5.76. The van der Waals surface area contributed by atoms with Gasteiger partial charge in [0.25, 0.3) is 0 Å². The van der Waals surface area contributed by atoms with Crippen molar-refractivity contribution in [3.05, 3.63) is 65.5 Å². The van der Waals surface area contributed by atoms with Crippen LogP contribution in [-0.2, 0) is 24.2 Å². The molecule has 0 saturated carbocycles. The molecule has 0 amide bonds. The number of aromatic nitrogens is 2. The second kappa shape index (κ2) is 7.30. The first kappa shape index (κ1) is 16.2. The normalized spacial score (nSPS) is 11.0. The number of carbonyl (C=O) groups is 1. The van der Waals surface area contributed by atoms with Crippen LogP contribution in [0.3, 0.4) is 0 Å². The van der Waals surface area contributed by atoms with E-state index in [0.717, 1.165) is 29.7 Å². The second-order valence-electron chi connectivity index (χ2n) is 6.15. The largest absolute Gasteiger partial charge is 0.481 e. The monoisotopic (exact) mass is 322 g/mol. The topological polar surface area (TPSA) is 55.1 Å². The molecule has 2 aromatic carbocycles. The Balaban J connectivity index is 1.80. The van der Waals surface area contributed by atoms with Gasteiger partial charge in [0.15, 0.2) is 0 Å². The Morgan fingerprint density at radius 3 is 2.58 bits per heavy atom. The van der Waals surface area contributed by atoms with Gasteiger partial charge in [-0.25, -0.2) is 4.98 Å². The van der Waals surface area contributed by atoms with Gasteiger partial charge in [-0.1, -0.05) is 42.0 Å². The molecular formula is C20H22N2O2. The highest BCUT2D eigenvalue weighted by Crippen LogP contribution is 2.18. The van der Waals surface area contributed by atoms with Crippen LogP contribution in [0, 0.1) is 6.92 Å². The van der Waals surface area contributed by atoms with E-state index in [1.807, 2.05) is 18.2 Å². The van der Waals surface area contributed by atoms with Crippen molar-refractivity contribution in [2.24, 2.45) is 0 Å². The number of hydrogen-bond donors (Lipinski definition) is 1. The Hall–Kier alpha value is -2.62. The zero-order valence-electron chi connectivity index (χ0n) is 13.9. The number of aliphatic carboxylic acids is 1. The first-order valence-corrected chi connectivity index (χ1v) is 8.35. The number of carboxylic acid groups (broad SMARTS) is 1. The number of para-hydroxylation sites is 2. The molecule has 0 atom stereocenters. The summed E-state index contributed by atoms with van der Waals surface area (Å²) in [4.78, 5) is 15.5. The van der Waals surface area contributed by atoms with E-state index in [-0.39, 0.29) is 6.42 Å². The van der Waals surface area contributed by atoms with Gasteiger partial charge in [-0.05, 0) is 37.5 Å². The first-order chi connectivity index (χ1) is 11.6. The van der Waals surface area contributed by atoms with E-state index in [2.05, 4.69) is 41.8 Å². The van der Waals surface area contributed by atoms with Crippen LogP contribution in [0.5, 0.6) is 0 Å². The molecule has 0 aliphatic heterocycles. The Bertz CT molecular complexity index is 834. The van der Waals surface area contributed by atoms with Gasteiger partial charge >= 0.3 is 5.97 Å². The lowest BCUT2D eigenvalue weighted by atomic mass is 10.1. The summed E-state index contributed by atoms with van der Waals surface area (Å²) in [6, 6.07) is 16.6. The fraction of sp³-hybridized carbons (Fsp3) is 0.300. The van der Waals surface area contributed by atoms with Gasteiger partial charge in [0.2, 0.25) is 0 Å². The van der Waals surface area contributed by atoms with E-state index in [1.54, 1.807) is 0 Å². The maximum atomic E-state index is 10.8. The van der Waals surface area contributed by atoms with Crippen molar-refractivity contribution < 1.29 is 9.90 Å². The van der Waals surface area contributed by atoms with Crippen molar-refractivity contribution in [1.29, 1.82) is 0 Å². The van der Waals surface area contributed by atoms with Crippen LogP contribution in [0.15, 0.2) is 48.5 Å². The highest BCUT2D eigenvalue weighted by atomic mass is 16.4. The molecular weight excluding hydrogens is 300 g/mol. The standard InChI is InChI=1S/C20H22N2O2/c1-15-8-10-16(11-9-15)12-13-19-21-17-5-2-3-6-18(17)22(19)14-4-7-20(23)24/h2-3,5-6,8-11H,4,7,12-14H2,1H3,(H,23,24). The molecule has 0 aliphatic carbocycles. The third-order valence-electron chi connectivity index (χ3n) is 4.26. The second-order valence-corrected chi connectivity index (χ2v) is 6.15. The minimum absolute atomic E-state index is 0.184. The summed E-state index contributed by atoms with van der Waals surface area (Å²) in [6.45, 7) is 2.78. The third kappa shape index (κ3) is 3.82. The molecule has 4 heteroatoms. The predicted molar refractivity (Wildman–Crippen MR) is 95.2 cm³/mol. The average Bonchev–Trinajstić information content (AvgIpc) is 2.92. The molecule has 4 nitrogen and oxygen atoms in total. The smallest absolute Gasteiger partial charge is 0.303 e. The zero-order chi connectivity index (χ0) is 16.9. The SMILES string of the molecule is Cc1ccc(CCc2nc3ccccc3n2CCCC(=O)O)cc1. The van der Waals surface area contributed by atoms with Crippen molar-refractivity contribution in [2.75, 3.05) is 0 Å². The van der Waals surface area contributed by atoms with Crippen molar-refractivity contribution in [2.45, 2.75) is 39.2 Å². The molecule has 3 rings (SSSR count). The molecule has 1 N–H and O–H groups in total. The van der Waals surface area contributed by atoms with Gasteiger partial charge in [-0.2, -0.15) is 0 Å². The molecule has 3 aromatic rings. The number of rotatable bonds is 7. The van der Waals surface area contributed by atoms with Crippen LogP contribution in [0.1, 0.15) is 29.8 Å². The van der Waals surface area contributed by atoms with Crippen molar-refractivity contribution in [3.63, 3.8) is 0 Å². The van der Waals surface area contributed by atoms with Crippen LogP contribution < -0.4 is 0 Å². The van der Waals surface area contributed by atoms with E-state index in [4.69, 9.17) is 10.1 Å². The Labute approximate surface area is 141 Å². The van der Waals surface area contributed by atoms with Gasteiger partial charge in [-0.15, -0.1) is 0 Å². The van der Waals surface area contributed by atoms with E-state index in [1.165, 1.54) is 11.1 Å². The molecule has 0 bridgehead atoms. The molecule has 0 saturated heterocycles. The summed E-state index contributed by atoms with van der Waals surface area (Å²) in [7, 11) is 0. The number of fused-ring (bicyclic) bond motifs is 1. The Morgan fingerprint density at radius 2 is 1.83 bits per heavy atom. The molecule has 124 valence electrons. The van der Waals surface area contributed by atoms with E-state index >= 15 is 0 Å². The minimum Gasteiger partial charge on any atom is -0.481 e. The maximum Gasteiger partial charge on any atom is 0.303 e. The quantitative estimate of drug-likeness (QED) is 0.715. The summed E-state index contributed by atoms with van der Waals surface area (Å²) in [5.74, 6) is 0.280. The lowest BCUT2D eigenvalue weighted by Gasteiger charge is -2.09. The van der Waals surface area contributed by atoms with Crippen molar-refractivity contribution in [3.8, 4) is 0 Å². The molecule has 0 spiro atoms. The van der Waals surface area contributed by atoms with Gasteiger partial charge in [-0.3, -0.25) is 4.79 Å². The number of nitrogens with zero attached hydrogens (tertiary/aromatic N) is 2. The van der Waals surface area contributed by atoms with Crippen LogP contribution in [0.25, 0.3) is 11.0 Å². The third-order valence-corrected chi connectivity index (χ3v) is 4.26. The number of aryl methyl sites for hydroxylation is 4. The summed E-state index contributed by atoms with van der Waals surface area (Å²) < 4.78 is 2.17. The summed E-state index contributed by atoms with van der Waals surface area (Å²) >= 11 is 0. The fourth-order valence-corrected chi connectivity index (χ4v) is 2.97. The molecule has 24 heavy (non-hydrogen) atoms. The molecule has 0 radical (unpaired) electrons. The first-order valence-electron chi connectivity index (χ1n) is 8.35. The van der Waals surface area contributed by atoms with E-state index in [0.29, 0.717) is 13.0 Å². The van der Waals surface area contributed by atoms with E-state index in [9.17, 15) is 4.79 Å². The molecule has 1 heterocycles. The van der Waals surface area contributed by atoms with E-state index < -0.39 is 5.97 Å². The Morgan fingerprint density at radius 1 is 1.08 bits per heavy atom. The minimum atomic E-state index is -0.749. The van der Waals surface area contributed by atoms with Crippen LogP contribution in [0.4, 0.5) is 0 Å². The van der Waals surface area contributed by atoms with Crippen LogP contribution in [-0.4, -0.2) is 20.6 Å². The van der Waals surface area contributed by atoms with Gasteiger partial charge in [0.1, 0.15) is 5.82 Å². The molecule has 1 aromatic heterocycles. The maximum absolute atomic E-state index is 10.8. The lowest BCUT2D eigenvalue weighted by Crippen LogP contribution is -2.07. The molecule has 0 fully saturated rings. The summed E-state index contributed by atoms with van der Waals surface area (Å²) in [5.41, 5.74) is 4.62. The average molecular weight is 322 g/mol. The van der Waals surface area contributed by atoms with Crippen LogP contribution >= 0.6 is 0 Å². The lowest BCUT2D eigenvalue weighted by molar-refractivity contribution is -0.137. The number of carboxylic acids is 1.